The zero-order chi connectivity index (χ0) is 26.5. The molecule has 1 aromatic heterocycles. The number of amides is 1. The number of aromatic nitrogens is 2. The highest BCUT2D eigenvalue weighted by atomic mass is 35.5. The van der Waals surface area contributed by atoms with Crippen LogP contribution in [-0.2, 0) is 11.3 Å². The fourth-order valence-electron chi connectivity index (χ4n) is 5.18. The Morgan fingerprint density at radius 1 is 1.00 bits per heavy atom. The number of carbonyl (C=O) groups excluding carboxylic acids is 1. The Labute approximate surface area is 227 Å². The summed E-state index contributed by atoms with van der Waals surface area (Å²) in [5, 5.41) is 9.71. The van der Waals surface area contributed by atoms with Crippen LogP contribution in [-0.4, -0.2) is 47.5 Å². The first-order valence-electron chi connectivity index (χ1n) is 12.9. The standard InChI is InChI=1S/C30H31ClN4O3/c1-38-30(37)32-25-7-4-6-23(20-25)21-14-18-34(19-15-21)16-5-17-35-29(36)27-9-3-2-8-26(27)28(33-35)22-10-12-24(31)13-11-22/h2-4,6-13,20-21H,5,14-19H2,1H3,(H,32,37). The van der Waals surface area contributed by atoms with Crippen LogP contribution in [0.3, 0.4) is 0 Å². The molecule has 1 amide bonds. The highest BCUT2D eigenvalue weighted by Gasteiger charge is 2.21. The molecule has 3 aromatic carbocycles. The Kier molecular flexibility index (Phi) is 8.05. The minimum atomic E-state index is -0.461. The van der Waals surface area contributed by atoms with E-state index in [4.69, 9.17) is 21.4 Å². The molecular weight excluding hydrogens is 500 g/mol. The number of methoxy groups -OCH3 is 1. The number of aryl methyl sites for hydroxylation is 1. The van der Waals surface area contributed by atoms with Gasteiger partial charge in [0.1, 0.15) is 0 Å². The normalized spacial score (nSPS) is 14.5. The van der Waals surface area contributed by atoms with E-state index in [1.165, 1.54) is 12.7 Å². The monoisotopic (exact) mass is 530 g/mol. The van der Waals surface area contributed by atoms with E-state index in [-0.39, 0.29) is 5.56 Å². The third-order valence-corrected chi connectivity index (χ3v) is 7.46. The topological polar surface area (TPSA) is 76.5 Å². The van der Waals surface area contributed by atoms with Gasteiger partial charge in [-0.1, -0.05) is 54.1 Å². The van der Waals surface area contributed by atoms with Gasteiger partial charge < -0.3 is 9.64 Å². The number of rotatable bonds is 7. The summed E-state index contributed by atoms with van der Waals surface area (Å²) in [5.41, 5.74) is 3.66. The summed E-state index contributed by atoms with van der Waals surface area (Å²) in [6, 6.07) is 23.2. The number of nitrogens with zero attached hydrogens (tertiary/aromatic N) is 3. The van der Waals surface area contributed by atoms with Crippen LogP contribution in [0.1, 0.15) is 30.7 Å². The van der Waals surface area contributed by atoms with E-state index in [1.807, 2.05) is 66.7 Å². The van der Waals surface area contributed by atoms with Crippen LogP contribution in [0.15, 0.2) is 77.6 Å². The van der Waals surface area contributed by atoms with Gasteiger partial charge in [-0.3, -0.25) is 10.1 Å². The van der Waals surface area contributed by atoms with Gasteiger partial charge in [0.2, 0.25) is 0 Å². The van der Waals surface area contributed by atoms with Crippen molar-refractivity contribution in [3.05, 3.63) is 93.7 Å². The molecule has 0 radical (unpaired) electrons. The summed E-state index contributed by atoms with van der Waals surface area (Å²) in [6.45, 7) is 3.46. The highest BCUT2D eigenvalue weighted by Crippen LogP contribution is 2.30. The van der Waals surface area contributed by atoms with E-state index in [9.17, 15) is 9.59 Å². The molecule has 5 rings (SSSR count). The third kappa shape index (κ3) is 5.90. The Morgan fingerprint density at radius 3 is 2.47 bits per heavy atom. The van der Waals surface area contributed by atoms with Crippen LogP contribution < -0.4 is 10.9 Å². The van der Waals surface area contributed by atoms with Gasteiger partial charge in [-0.05, 0) is 80.7 Å². The molecule has 0 unspecified atom stereocenters. The molecule has 0 aliphatic carbocycles. The SMILES string of the molecule is COC(=O)Nc1cccc(C2CCN(CCCn3nc(-c4ccc(Cl)cc4)c4ccccc4c3=O)CC2)c1. The number of likely N-dealkylation sites (tertiary alicyclic amines) is 1. The second kappa shape index (κ2) is 11.8. The maximum absolute atomic E-state index is 13.2. The summed E-state index contributed by atoms with van der Waals surface area (Å²) in [6.07, 6.45) is 2.49. The number of piperidine rings is 1. The molecule has 1 saturated heterocycles. The van der Waals surface area contributed by atoms with E-state index in [0.29, 0.717) is 22.9 Å². The lowest BCUT2D eigenvalue weighted by Gasteiger charge is -2.32. The number of hydrogen-bond donors (Lipinski definition) is 1. The molecule has 0 saturated carbocycles. The van der Waals surface area contributed by atoms with Crippen molar-refractivity contribution in [2.45, 2.75) is 31.7 Å². The van der Waals surface area contributed by atoms with Gasteiger partial charge >= 0.3 is 6.09 Å². The van der Waals surface area contributed by atoms with Crippen LogP contribution >= 0.6 is 11.6 Å². The van der Waals surface area contributed by atoms with Crippen molar-refractivity contribution in [2.75, 3.05) is 32.1 Å². The average Bonchev–Trinajstić information content (AvgIpc) is 2.95. The van der Waals surface area contributed by atoms with Gasteiger partial charge in [0.15, 0.2) is 0 Å². The molecule has 1 fully saturated rings. The van der Waals surface area contributed by atoms with Crippen LogP contribution in [0, 0.1) is 0 Å². The second-order valence-electron chi connectivity index (χ2n) is 9.64. The number of nitrogens with one attached hydrogen (secondary N) is 1. The van der Waals surface area contributed by atoms with Crippen molar-refractivity contribution in [3.8, 4) is 11.3 Å². The maximum Gasteiger partial charge on any atom is 0.411 e. The minimum Gasteiger partial charge on any atom is -0.453 e. The van der Waals surface area contributed by atoms with Crippen LogP contribution in [0.4, 0.5) is 10.5 Å². The van der Waals surface area contributed by atoms with E-state index in [0.717, 1.165) is 61.2 Å². The number of carbonyl (C=O) groups is 1. The predicted octanol–water partition coefficient (Wildman–Crippen LogP) is 6.16. The fraction of sp³-hybridized carbons (Fsp3) is 0.300. The lowest BCUT2D eigenvalue weighted by Crippen LogP contribution is -2.34. The number of halogens is 1. The molecule has 8 heteroatoms. The number of benzene rings is 3. The van der Waals surface area contributed by atoms with Gasteiger partial charge in [0, 0.05) is 28.2 Å². The molecule has 0 bridgehead atoms. The Bertz CT molecular complexity index is 1480. The van der Waals surface area contributed by atoms with Crippen molar-refractivity contribution < 1.29 is 9.53 Å². The van der Waals surface area contributed by atoms with E-state index < -0.39 is 6.09 Å². The maximum atomic E-state index is 13.2. The van der Waals surface area contributed by atoms with Crippen molar-refractivity contribution in [1.82, 2.24) is 14.7 Å². The lowest BCUT2D eigenvalue weighted by molar-refractivity contribution is 0.187. The summed E-state index contributed by atoms with van der Waals surface area (Å²) in [7, 11) is 1.36. The Balaban J connectivity index is 1.22. The first-order valence-corrected chi connectivity index (χ1v) is 13.3. The summed E-state index contributed by atoms with van der Waals surface area (Å²) in [5.74, 6) is 0.456. The number of hydrogen-bond acceptors (Lipinski definition) is 5. The quantitative estimate of drug-likeness (QED) is 0.309. The second-order valence-corrected chi connectivity index (χ2v) is 10.1. The van der Waals surface area contributed by atoms with Crippen LogP contribution in [0.5, 0.6) is 0 Å². The third-order valence-electron chi connectivity index (χ3n) is 7.21. The zero-order valence-corrected chi connectivity index (χ0v) is 22.2. The molecule has 2 heterocycles. The fourth-order valence-corrected chi connectivity index (χ4v) is 5.31. The van der Waals surface area contributed by atoms with Gasteiger partial charge in [-0.25, -0.2) is 9.48 Å². The van der Waals surface area contributed by atoms with Gasteiger partial charge in [0.25, 0.3) is 5.56 Å². The molecule has 0 spiro atoms. The largest absolute Gasteiger partial charge is 0.453 e. The van der Waals surface area contributed by atoms with Gasteiger partial charge in [-0.2, -0.15) is 5.10 Å². The summed E-state index contributed by atoms with van der Waals surface area (Å²) < 4.78 is 6.31. The molecule has 38 heavy (non-hydrogen) atoms. The smallest absolute Gasteiger partial charge is 0.411 e. The molecule has 4 aromatic rings. The number of fused-ring (bicyclic) bond motifs is 1. The summed E-state index contributed by atoms with van der Waals surface area (Å²) in [4.78, 5) is 27.2. The predicted molar refractivity (Wildman–Crippen MR) is 152 cm³/mol. The molecule has 1 aliphatic heterocycles. The number of anilines is 1. The first-order chi connectivity index (χ1) is 18.5. The van der Waals surface area contributed by atoms with E-state index in [2.05, 4.69) is 16.3 Å². The Morgan fingerprint density at radius 2 is 1.74 bits per heavy atom. The highest BCUT2D eigenvalue weighted by molar-refractivity contribution is 6.30. The van der Waals surface area contributed by atoms with Crippen LogP contribution in [0.2, 0.25) is 5.02 Å². The molecular formula is C30H31ClN4O3. The van der Waals surface area contributed by atoms with Crippen molar-refractivity contribution in [3.63, 3.8) is 0 Å². The molecule has 1 N–H and O–H groups in total. The van der Waals surface area contributed by atoms with E-state index >= 15 is 0 Å². The van der Waals surface area contributed by atoms with Crippen molar-refractivity contribution >= 4 is 34.2 Å². The Hall–Kier alpha value is -3.68. The molecule has 196 valence electrons. The molecule has 7 nitrogen and oxygen atoms in total. The molecule has 0 atom stereocenters. The zero-order valence-electron chi connectivity index (χ0n) is 21.4. The minimum absolute atomic E-state index is 0.0579. The van der Waals surface area contributed by atoms with Crippen molar-refractivity contribution in [2.24, 2.45) is 0 Å². The average molecular weight is 531 g/mol. The molecule has 1 aliphatic rings. The first kappa shape index (κ1) is 25.9. The number of ether oxygens (including phenoxy) is 1. The van der Waals surface area contributed by atoms with Crippen molar-refractivity contribution in [1.29, 1.82) is 0 Å². The lowest BCUT2D eigenvalue weighted by atomic mass is 9.89. The van der Waals surface area contributed by atoms with Gasteiger partial charge in [0.05, 0.1) is 18.2 Å². The van der Waals surface area contributed by atoms with E-state index in [1.54, 1.807) is 4.68 Å². The van der Waals surface area contributed by atoms with Crippen LogP contribution in [0.25, 0.3) is 22.0 Å². The van der Waals surface area contributed by atoms with Gasteiger partial charge in [-0.15, -0.1) is 0 Å². The summed E-state index contributed by atoms with van der Waals surface area (Å²) >= 11 is 6.09.